The molecule has 104 valence electrons. The molecule has 1 aromatic carbocycles. The molecular weight excluding hydrogens is 271 g/mol. The Morgan fingerprint density at radius 2 is 2.16 bits per heavy atom. The molecule has 0 saturated heterocycles. The number of hydrogen-bond donors (Lipinski definition) is 3. The second-order valence-electron chi connectivity index (χ2n) is 3.73. The molecule has 0 fully saturated rings. The molecule has 0 aromatic heterocycles. The second kappa shape index (κ2) is 7.63. The number of rotatable bonds is 6. The van der Waals surface area contributed by atoms with Crippen LogP contribution in [0.5, 0.6) is 0 Å². The number of anilines is 1. The third-order valence-corrected chi connectivity index (χ3v) is 2.97. The number of urea groups is 1. The van der Waals surface area contributed by atoms with Crippen LogP contribution in [0.2, 0.25) is 0 Å². The number of amides is 2. The van der Waals surface area contributed by atoms with Gasteiger partial charge < -0.3 is 15.7 Å². The highest BCUT2D eigenvalue weighted by Gasteiger charge is 2.11. The third kappa shape index (κ3) is 5.17. The normalized spacial score (nSPS) is 10.0. The zero-order valence-electron chi connectivity index (χ0n) is 10.4. The molecule has 0 bridgehead atoms. The van der Waals surface area contributed by atoms with E-state index in [2.05, 4.69) is 10.6 Å². The van der Waals surface area contributed by atoms with E-state index in [0.29, 0.717) is 6.54 Å². The fourth-order valence-corrected chi connectivity index (χ4v) is 1.79. The number of carboxylic acid groups (broad SMARTS) is 1. The van der Waals surface area contributed by atoms with Gasteiger partial charge in [0.2, 0.25) is 0 Å². The highest BCUT2D eigenvalue weighted by molar-refractivity contribution is 7.98. The van der Waals surface area contributed by atoms with Crippen LogP contribution in [0.15, 0.2) is 18.2 Å². The van der Waals surface area contributed by atoms with Crippen molar-refractivity contribution in [3.8, 4) is 0 Å². The van der Waals surface area contributed by atoms with E-state index in [9.17, 15) is 14.0 Å². The Morgan fingerprint density at radius 1 is 1.42 bits per heavy atom. The topological polar surface area (TPSA) is 78.4 Å². The van der Waals surface area contributed by atoms with Crippen LogP contribution in [0.4, 0.5) is 14.9 Å². The SMILES string of the molecule is CSCCCNC(=O)Nc1ccc(C(=O)O)c(F)c1. The van der Waals surface area contributed by atoms with Gasteiger partial charge in [-0.1, -0.05) is 0 Å². The first-order chi connectivity index (χ1) is 9.04. The first-order valence-electron chi connectivity index (χ1n) is 5.61. The molecule has 7 heteroatoms. The molecule has 0 saturated carbocycles. The predicted octanol–water partition coefficient (Wildman–Crippen LogP) is 2.40. The average Bonchev–Trinajstić information content (AvgIpc) is 2.34. The second-order valence-corrected chi connectivity index (χ2v) is 4.71. The lowest BCUT2D eigenvalue weighted by Crippen LogP contribution is -2.29. The number of nitrogens with one attached hydrogen (secondary N) is 2. The Bertz CT molecular complexity index is 468. The first-order valence-corrected chi connectivity index (χ1v) is 7.00. The van der Waals surface area contributed by atoms with Gasteiger partial charge in [-0.15, -0.1) is 0 Å². The van der Waals surface area contributed by atoms with Crippen molar-refractivity contribution in [1.29, 1.82) is 0 Å². The van der Waals surface area contributed by atoms with Crippen molar-refractivity contribution >= 4 is 29.4 Å². The number of carbonyl (C=O) groups excluding carboxylic acids is 1. The monoisotopic (exact) mass is 286 g/mol. The van der Waals surface area contributed by atoms with Crippen molar-refractivity contribution in [2.75, 3.05) is 23.9 Å². The van der Waals surface area contributed by atoms with E-state index in [4.69, 9.17) is 5.11 Å². The summed E-state index contributed by atoms with van der Waals surface area (Å²) >= 11 is 1.69. The van der Waals surface area contributed by atoms with Crippen LogP contribution in [0.25, 0.3) is 0 Å². The summed E-state index contributed by atoms with van der Waals surface area (Å²) in [6.07, 6.45) is 2.83. The molecule has 5 nitrogen and oxygen atoms in total. The Morgan fingerprint density at radius 3 is 2.74 bits per heavy atom. The summed E-state index contributed by atoms with van der Waals surface area (Å²) < 4.78 is 13.3. The quantitative estimate of drug-likeness (QED) is 0.702. The number of benzene rings is 1. The zero-order valence-corrected chi connectivity index (χ0v) is 11.2. The zero-order chi connectivity index (χ0) is 14.3. The molecule has 1 rings (SSSR count). The first kappa shape index (κ1) is 15.3. The lowest BCUT2D eigenvalue weighted by molar-refractivity contribution is 0.0692. The molecule has 2 amide bonds. The van der Waals surface area contributed by atoms with Crippen LogP contribution >= 0.6 is 11.8 Å². The molecule has 0 aliphatic carbocycles. The van der Waals surface area contributed by atoms with Gasteiger partial charge in [0.25, 0.3) is 0 Å². The fraction of sp³-hybridized carbons (Fsp3) is 0.333. The van der Waals surface area contributed by atoms with Gasteiger partial charge in [-0.2, -0.15) is 11.8 Å². The molecule has 0 radical (unpaired) electrons. The molecule has 0 heterocycles. The number of carboxylic acids is 1. The largest absolute Gasteiger partial charge is 0.478 e. The molecule has 19 heavy (non-hydrogen) atoms. The van der Waals surface area contributed by atoms with Crippen molar-refractivity contribution in [1.82, 2.24) is 5.32 Å². The summed E-state index contributed by atoms with van der Waals surface area (Å²) in [5.41, 5.74) is -0.212. The van der Waals surface area contributed by atoms with Crippen LogP contribution in [-0.4, -0.2) is 35.7 Å². The van der Waals surface area contributed by atoms with Gasteiger partial charge in [0.05, 0.1) is 5.56 Å². The minimum Gasteiger partial charge on any atom is -0.478 e. The molecule has 3 N–H and O–H groups in total. The van der Waals surface area contributed by atoms with Gasteiger partial charge in [-0.3, -0.25) is 0 Å². The van der Waals surface area contributed by atoms with Crippen LogP contribution < -0.4 is 10.6 Å². The minimum absolute atomic E-state index is 0.213. The van der Waals surface area contributed by atoms with Crippen LogP contribution in [0, 0.1) is 5.82 Å². The Hall–Kier alpha value is -1.76. The molecule has 0 spiro atoms. The molecular formula is C12H15FN2O3S. The van der Waals surface area contributed by atoms with Gasteiger partial charge in [0.1, 0.15) is 5.82 Å². The summed E-state index contributed by atoms with van der Waals surface area (Å²) in [5, 5.41) is 13.7. The maximum absolute atomic E-state index is 13.3. The Labute approximate surface area is 114 Å². The molecule has 0 atom stereocenters. The van der Waals surface area contributed by atoms with E-state index in [1.165, 1.54) is 6.07 Å². The number of hydrogen-bond acceptors (Lipinski definition) is 3. The Kier molecular flexibility index (Phi) is 6.14. The summed E-state index contributed by atoms with van der Waals surface area (Å²) in [6, 6.07) is 2.99. The molecule has 0 unspecified atom stereocenters. The van der Waals surface area contributed by atoms with Gasteiger partial charge in [0, 0.05) is 12.2 Å². The van der Waals surface area contributed by atoms with Gasteiger partial charge >= 0.3 is 12.0 Å². The smallest absolute Gasteiger partial charge is 0.338 e. The lowest BCUT2D eigenvalue weighted by atomic mass is 10.2. The van der Waals surface area contributed by atoms with Crippen LogP contribution in [-0.2, 0) is 0 Å². The molecule has 1 aromatic rings. The maximum atomic E-state index is 13.3. The van der Waals surface area contributed by atoms with Crippen LogP contribution in [0.1, 0.15) is 16.8 Å². The minimum atomic E-state index is -1.34. The summed E-state index contributed by atoms with van der Waals surface area (Å²) in [7, 11) is 0. The maximum Gasteiger partial charge on any atom is 0.338 e. The predicted molar refractivity (Wildman–Crippen MR) is 73.4 cm³/mol. The summed E-state index contributed by atoms with van der Waals surface area (Å²) in [4.78, 5) is 22.1. The van der Waals surface area contributed by atoms with E-state index < -0.39 is 23.4 Å². The van der Waals surface area contributed by atoms with Crippen molar-refractivity contribution in [3.05, 3.63) is 29.6 Å². The number of thioether (sulfide) groups is 1. The van der Waals surface area contributed by atoms with Gasteiger partial charge in [0.15, 0.2) is 0 Å². The van der Waals surface area contributed by atoms with E-state index in [-0.39, 0.29) is 5.69 Å². The van der Waals surface area contributed by atoms with Crippen molar-refractivity contribution in [2.24, 2.45) is 0 Å². The molecule has 0 aliphatic heterocycles. The van der Waals surface area contributed by atoms with E-state index in [1.54, 1.807) is 11.8 Å². The lowest BCUT2D eigenvalue weighted by Gasteiger charge is -2.08. The highest BCUT2D eigenvalue weighted by Crippen LogP contribution is 2.14. The average molecular weight is 286 g/mol. The van der Waals surface area contributed by atoms with Crippen molar-refractivity contribution in [3.63, 3.8) is 0 Å². The van der Waals surface area contributed by atoms with Gasteiger partial charge in [-0.05, 0) is 36.6 Å². The number of halogens is 1. The standard InChI is InChI=1S/C12H15FN2O3S/c1-19-6-2-5-14-12(18)15-8-3-4-9(11(16)17)10(13)7-8/h3-4,7H,2,5-6H2,1H3,(H,16,17)(H2,14,15,18). The van der Waals surface area contributed by atoms with Crippen LogP contribution in [0.3, 0.4) is 0 Å². The molecule has 0 aliphatic rings. The fourth-order valence-electron chi connectivity index (χ4n) is 1.36. The number of carbonyl (C=O) groups is 2. The Balaban J connectivity index is 2.51. The third-order valence-electron chi connectivity index (χ3n) is 2.27. The van der Waals surface area contributed by atoms with E-state index >= 15 is 0 Å². The van der Waals surface area contributed by atoms with Gasteiger partial charge in [-0.25, -0.2) is 14.0 Å². The summed E-state index contributed by atoms with van der Waals surface area (Å²) in [5.74, 6) is -1.28. The van der Waals surface area contributed by atoms with Crippen molar-refractivity contribution < 1.29 is 19.1 Å². The van der Waals surface area contributed by atoms with E-state index in [1.807, 2.05) is 6.26 Å². The van der Waals surface area contributed by atoms with Crippen molar-refractivity contribution in [2.45, 2.75) is 6.42 Å². The summed E-state index contributed by atoms with van der Waals surface area (Å²) in [6.45, 7) is 0.530. The van der Waals surface area contributed by atoms with E-state index in [0.717, 1.165) is 24.3 Å². The highest BCUT2D eigenvalue weighted by atomic mass is 32.2. The number of aromatic carboxylic acids is 1.